The zero-order chi connectivity index (χ0) is 19.5. The van der Waals surface area contributed by atoms with Gasteiger partial charge in [0.2, 0.25) is 0 Å². The van der Waals surface area contributed by atoms with Crippen molar-refractivity contribution in [3.63, 3.8) is 0 Å². The number of allylic oxidation sites excluding steroid dienone is 1. The summed E-state index contributed by atoms with van der Waals surface area (Å²) >= 11 is 1.67. The van der Waals surface area contributed by atoms with Crippen LogP contribution >= 0.6 is 11.8 Å². The van der Waals surface area contributed by atoms with E-state index in [1.54, 1.807) is 11.8 Å². The number of rotatable bonds is 6. The van der Waals surface area contributed by atoms with E-state index in [0.717, 1.165) is 28.2 Å². The van der Waals surface area contributed by atoms with E-state index in [4.69, 9.17) is 9.47 Å². The van der Waals surface area contributed by atoms with Gasteiger partial charge in [-0.15, -0.1) is 16.8 Å². The monoisotopic (exact) mass is 393 g/mol. The Balaban J connectivity index is 1.55. The zero-order valence-electron chi connectivity index (χ0n) is 16.1. The van der Waals surface area contributed by atoms with Crippen molar-refractivity contribution in [1.82, 2.24) is 14.8 Å². The molecule has 6 heteroatoms. The number of hydrogen-bond acceptors (Lipinski definition) is 5. The highest BCUT2D eigenvalue weighted by Gasteiger charge is 2.28. The van der Waals surface area contributed by atoms with E-state index in [1.807, 2.05) is 30.3 Å². The number of aryl methyl sites for hydroxylation is 2. The lowest BCUT2D eigenvalue weighted by Gasteiger charge is -2.26. The average Bonchev–Trinajstić information content (AvgIpc) is 3.08. The number of para-hydroxylation sites is 2. The quantitative estimate of drug-likeness (QED) is 0.441. The van der Waals surface area contributed by atoms with Gasteiger partial charge in [0.15, 0.2) is 28.6 Å². The molecule has 0 saturated heterocycles. The van der Waals surface area contributed by atoms with Gasteiger partial charge < -0.3 is 9.47 Å². The van der Waals surface area contributed by atoms with Gasteiger partial charge in [-0.1, -0.05) is 59.3 Å². The van der Waals surface area contributed by atoms with Gasteiger partial charge in [0, 0.05) is 12.3 Å². The van der Waals surface area contributed by atoms with Crippen LogP contribution in [0.1, 0.15) is 28.6 Å². The van der Waals surface area contributed by atoms with Gasteiger partial charge in [-0.3, -0.25) is 4.57 Å². The van der Waals surface area contributed by atoms with Gasteiger partial charge in [0.1, 0.15) is 6.61 Å². The van der Waals surface area contributed by atoms with Crippen LogP contribution in [0.15, 0.2) is 60.3 Å². The molecular formula is C22H23N3O2S. The van der Waals surface area contributed by atoms with Gasteiger partial charge in [-0.05, 0) is 31.5 Å². The third-order valence-corrected chi connectivity index (χ3v) is 5.54. The van der Waals surface area contributed by atoms with Crippen LogP contribution in [0.4, 0.5) is 0 Å². The highest BCUT2D eigenvalue weighted by atomic mass is 32.2. The van der Waals surface area contributed by atoms with Gasteiger partial charge in [0.05, 0.1) is 0 Å². The zero-order valence-corrected chi connectivity index (χ0v) is 16.9. The van der Waals surface area contributed by atoms with Crippen molar-refractivity contribution in [2.45, 2.75) is 37.4 Å². The Morgan fingerprint density at radius 1 is 1.14 bits per heavy atom. The maximum atomic E-state index is 6.12. The maximum Gasteiger partial charge on any atom is 0.192 e. The van der Waals surface area contributed by atoms with Crippen molar-refractivity contribution in [2.75, 3.05) is 6.61 Å². The molecule has 1 atom stereocenters. The van der Waals surface area contributed by atoms with Crippen molar-refractivity contribution in [3.8, 4) is 11.5 Å². The first-order valence-corrected chi connectivity index (χ1v) is 10.2. The molecular weight excluding hydrogens is 370 g/mol. The highest BCUT2D eigenvalue weighted by molar-refractivity contribution is 7.98. The van der Waals surface area contributed by atoms with E-state index in [1.165, 1.54) is 16.7 Å². The second-order valence-electron chi connectivity index (χ2n) is 6.89. The number of benzene rings is 2. The van der Waals surface area contributed by atoms with E-state index < -0.39 is 0 Å². The number of fused-ring (bicyclic) bond motifs is 1. The number of aromatic nitrogens is 3. The number of hydrogen-bond donors (Lipinski definition) is 0. The summed E-state index contributed by atoms with van der Waals surface area (Å²) in [5.41, 5.74) is 3.83. The summed E-state index contributed by atoms with van der Waals surface area (Å²) in [6, 6.07) is 14.3. The van der Waals surface area contributed by atoms with Crippen LogP contribution in [0.25, 0.3) is 0 Å². The molecule has 2 heterocycles. The van der Waals surface area contributed by atoms with E-state index in [0.29, 0.717) is 13.2 Å². The smallest absolute Gasteiger partial charge is 0.192 e. The van der Waals surface area contributed by atoms with E-state index >= 15 is 0 Å². The summed E-state index contributed by atoms with van der Waals surface area (Å²) in [6.07, 6.45) is 1.56. The Kier molecular flexibility index (Phi) is 5.39. The number of nitrogens with zero attached hydrogens (tertiary/aromatic N) is 3. The maximum absolute atomic E-state index is 6.12. The Morgan fingerprint density at radius 2 is 1.89 bits per heavy atom. The van der Waals surface area contributed by atoms with Crippen molar-refractivity contribution >= 4 is 11.8 Å². The lowest BCUT2D eigenvalue weighted by atomic mass is 10.1. The molecule has 0 amide bonds. The SMILES string of the molecule is C=CCn1c(SCc2cc(C)cc(C)c2)nnc1C1COc2ccccc2O1. The highest BCUT2D eigenvalue weighted by Crippen LogP contribution is 2.36. The lowest BCUT2D eigenvalue weighted by molar-refractivity contribution is 0.0821. The molecule has 0 radical (unpaired) electrons. The van der Waals surface area contributed by atoms with Crippen LogP contribution in [0.5, 0.6) is 11.5 Å². The van der Waals surface area contributed by atoms with Gasteiger partial charge >= 0.3 is 0 Å². The first kappa shape index (κ1) is 18.6. The van der Waals surface area contributed by atoms with Crippen molar-refractivity contribution in [2.24, 2.45) is 0 Å². The largest absolute Gasteiger partial charge is 0.485 e. The second-order valence-corrected chi connectivity index (χ2v) is 7.83. The molecule has 144 valence electrons. The van der Waals surface area contributed by atoms with Gasteiger partial charge in [-0.25, -0.2) is 0 Å². The van der Waals surface area contributed by atoms with Crippen LogP contribution in [-0.4, -0.2) is 21.4 Å². The second kappa shape index (κ2) is 8.10. The molecule has 0 fully saturated rings. The molecule has 5 nitrogen and oxygen atoms in total. The molecule has 2 aromatic carbocycles. The topological polar surface area (TPSA) is 49.2 Å². The molecule has 0 saturated carbocycles. The summed E-state index contributed by atoms with van der Waals surface area (Å²) in [4.78, 5) is 0. The van der Waals surface area contributed by atoms with Crippen LogP contribution in [0, 0.1) is 13.8 Å². The summed E-state index contributed by atoms with van der Waals surface area (Å²) in [5.74, 6) is 3.09. The van der Waals surface area contributed by atoms with E-state index in [-0.39, 0.29) is 6.10 Å². The molecule has 0 spiro atoms. The standard InChI is InChI=1S/C22H23N3O2S/c1-4-9-25-21(20-13-26-18-7-5-6-8-19(18)27-20)23-24-22(25)28-14-17-11-15(2)10-16(3)12-17/h4-8,10-12,20H,1,9,13-14H2,2-3H3. The Hall–Kier alpha value is -2.73. The Morgan fingerprint density at radius 3 is 2.64 bits per heavy atom. The summed E-state index contributed by atoms with van der Waals surface area (Å²) in [7, 11) is 0. The van der Waals surface area contributed by atoms with Crippen LogP contribution in [0.3, 0.4) is 0 Å². The predicted molar refractivity (Wildman–Crippen MR) is 111 cm³/mol. The summed E-state index contributed by atoms with van der Waals surface area (Å²) in [6.45, 7) is 9.16. The van der Waals surface area contributed by atoms with E-state index in [9.17, 15) is 0 Å². The molecule has 1 unspecified atom stereocenters. The minimum absolute atomic E-state index is 0.294. The fourth-order valence-electron chi connectivity index (χ4n) is 3.39. The fraction of sp³-hybridized carbons (Fsp3) is 0.273. The van der Waals surface area contributed by atoms with Crippen LogP contribution in [-0.2, 0) is 12.3 Å². The minimum atomic E-state index is -0.294. The summed E-state index contributed by atoms with van der Waals surface area (Å²) in [5, 5.41) is 9.69. The Bertz CT molecular complexity index is 979. The Labute approximate surface area is 169 Å². The van der Waals surface area contributed by atoms with Crippen LogP contribution in [0.2, 0.25) is 0 Å². The van der Waals surface area contributed by atoms with Crippen molar-refractivity contribution in [1.29, 1.82) is 0 Å². The first-order valence-electron chi connectivity index (χ1n) is 9.26. The molecule has 3 aromatic rings. The predicted octanol–water partition coefficient (Wildman–Crippen LogP) is 4.89. The molecule has 1 aliphatic rings. The summed E-state index contributed by atoms with van der Waals surface area (Å²) < 4.78 is 14.0. The third kappa shape index (κ3) is 3.92. The van der Waals surface area contributed by atoms with Gasteiger partial charge in [0.25, 0.3) is 0 Å². The normalized spacial score (nSPS) is 15.4. The average molecular weight is 394 g/mol. The molecule has 4 rings (SSSR count). The first-order chi connectivity index (χ1) is 13.6. The molecule has 1 aromatic heterocycles. The number of ether oxygens (including phenoxy) is 2. The molecule has 0 N–H and O–H groups in total. The molecule has 0 aliphatic carbocycles. The van der Waals surface area contributed by atoms with Crippen LogP contribution < -0.4 is 9.47 Å². The third-order valence-electron chi connectivity index (χ3n) is 4.50. The van der Waals surface area contributed by atoms with Crippen molar-refractivity contribution in [3.05, 3.63) is 77.6 Å². The van der Waals surface area contributed by atoms with Gasteiger partial charge in [-0.2, -0.15) is 0 Å². The molecule has 28 heavy (non-hydrogen) atoms. The lowest BCUT2D eigenvalue weighted by Crippen LogP contribution is -2.25. The number of thioether (sulfide) groups is 1. The van der Waals surface area contributed by atoms with Crippen molar-refractivity contribution < 1.29 is 9.47 Å². The van der Waals surface area contributed by atoms with E-state index in [2.05, 4.69) is 53.4 Å². The fourth-order valence-corrected chi connectivity index (χ4v) is 4.28. The molecule has 1 aliphatic heterocycles. The molecule has 0 bridgehead atoms. The minimum Gasteiger partial charge on any atom is -0.485 e.